The van der Waals surface area contributed by atoms with Crippen molar-refractivity contribution < 1.29 is 13.6 Å². The summed E-state index contributed by atoms with van der Waals surface area (Å²) < 4.78 is 21.4. The number of anilines is 1. The van der Waals surface area contributed by atoms with Gasteiger partial charge in [-0.2, -0.15) is 0 Å². The van der Waals surface area contributed by atoms with Crippen LogP contribution in [-0.2, 0) is 11.3 Å². The van der Waals surface area contributed by atoms with Gasteiger partial charge in [-0.3, -0.25) is 14.1 Å². The molecule has 1 unspecified atom stereocenters. The molecule has 0 aromatic carbocycles. The Balaban J connectivity index is 3.06. The van der Waals surface area contributed by atoms with Crippen LogP contribution >= 0.6 is 0 Å². The van der Waals surface area contributed by atoms with Gasteiger partial charge < -0.3 is 4.90 Å². The number of hydrogen-bond donors (Lipinski definition) is 2. The van der Waals surface area contributed by atoms with Gasteiger partial charge in [-0.05, 0) is 12.1 Å². The number of nitrogens with one attached hydrogen (secondary N) is 1. The van der Waals surface area contributed by atoms with Crippen LogP contribution in [0.5, 0.6) is 0 Å². The van der Waals surface area contributed by atoms with Crippen molar-refractivity contribution in [1.29, 1.82) is 0 Å². The van der Waals surface area contributed by atoms with Crippen LogP contribution in [0.2, 0.25) is 0 Å². The van der Waals surface area contributed by atoms with E-state index in [0.717, 1.165) is 0 Å². The monoisotopic (exact) mass is 229 g/mol. The number of nitrogens with zero attached hydrogens (tertiary/aromatic N) is 2. The van der Waals surface area contributed by atoms with Crippen LogP contribution in [0.1, 0.15) is 10.4 Å². The van der Waals surface area contributed by atoms with Crippen molar-refractivity contribution in [3.63, 3.8) is 0 Å². The molecule has 0 spiro atoms. The summed E-state index contributed by atoms with van der Waals surface area (Å²) in [4.78, 5) is 16.8. The van der Waals surface area contributed by atoms with E-state index in [9.17, 15) is 9.00 Å². The summed E-state index contributed by atoms with van der Waals surface area (Å²) in [5.41, 5.74) is 0.255. The minimum atomic E-state index is -2.24. The summed E-state index contributed by atoms with van der Waals surface area (Å²) in [7, 11) is 3.18. The molecule has 7 heteroatoms. The van der Waals surface area contributed by atoms with E-state index in [0.29, 0.717) is 0 Å². The van der Waals surface area contributed by atoms with Gasteiger partial charge in [0.25, 0.3) is 17.2 Å². The van der Waals surface area contributed by atoms with E-state index in [-0.39, 0.29) is 17.3 Å². The van der Waals surface area contributed by atoms with E-state index >= 15 is 0 Å². The Labute approximate surface area is 89.7 Å². The molecule has 0 aliphatic heterocycles. The summed E-state index contributed by atoms with van der Waals surface area (Å²) in [5.74, 6) is -0.187. The van der Waals surface area contributed by atoms with Crippen LogP contribution in [0, 0.1) is 0 Å². The first-order valence-electron chi connectivity index (χ1n) is 4.06. The molecule has 1 heterocycles. The van der Waals surface area contributed by atoms with Crippen molar-refractivity contribution >= 4 is 23.0 Å². The lowest BCUT2D eigenvalue weighted by molar-refractivity contribution is 0.0828. The number of aromatic nitrogens is 1. The zero-order chi connectivity index (χ0) is 11.4. The Hall–Kier alpha value is -1.47. The second-order valence-electron chi connectivity index (χ2n) is 2.95. The van der Waals surface area contributed by atoms with Gasteiger partial charge in [0.05, 0.1) is 5.56 Å². The van der Waals surface area contributed by atoms with Gasteiger partial charge >= 0.3 is 0 Å². The minimum absolute atomic E-state index is 0.0945. The number of rotatable bonds is 3. The molecule has 0 radical (unpaired) electrons. The molecule has 15 heavy (non-hydrogen) atoms. The van der Waals surface area contributed by atoms with Crippen molar-refractivity contribution in [2.45, 2.75) is 0 Å². The minimum Gasteiger partial charge on any atom is -0.345 e. The van der Waals surface area contributed by atoms with Crippen molar-refractivity contribution in [1.82, 2.24) is 9.88 Å². The van der Waals surface area contributed by atoms with Crippen molar-refractivity contribution in [2.75, 3.05) is 18.8 Å². The van der Waals surface area contributed by atoms with E-state index in [1.807, 2.05) is 0 Å². The molecule has 0 fully saturated rings. The molecule has 2 N–H and O–H groups in total. The van der Waals surface area contributed by atoms with Crippen molar-refractivity contribution in [2.24, 2.45) is 0 Å². The van der Waals surface area contributed by atoms with Gasteiger partial charge in [0, 0.05) is 20.3 Å². The topological polar surface area (TPSA) is 82.5 Å². The van der Waals surface area contributed by atoms with E-state index in [2.05, 4.69) is 9.71 Å². The summed E-state index contributed by atoms with van der Waals surface area (Å²) in [6, 6.07) is 3.12. The first kappa shape index (κ1) is 11.6. The standard InChI is InChI=1S/C8H11N3O3S/c1-11(2)8(12)6-4-3-5-9-7(6)10-15(13)14/h3-5H,1-2H3,(H,9,10)(H,13,14). The summed E-state index contributed by atoms with van der Waals surface area (Å²) >= 11 is -2.24. The second-order valence-corrected chi connectivity index (χ2v) is 3.65. The summed E-state index contributed by atoms with van der Waals surface area (Å²) in [5, 5.41) is 0. The molecule has 0 bridgehead atoms. The fraction of sp³-hybridized carbons (Fsp3) is 0.250. The third-order valence-electron chi connectivity index (χ3n) is 1.63. The predicted octanol–water partition coefficient (Wildman–Crippen LogP) is 0.332. The molecule has 1 aromatic heterocycles. The van der Waals surface area contributed by atoms with Crippen molar-refractivity contribution in [3.8, 4) is 0 Å². The van der Waals surface area contributed by atoms with Crippen LogP contribution < -0.4 is 4.72 Å². The predicted molar refractivity (Wildman–Crippen MR) is 56.6 cm³/mol. The van der Waals surface area contributed by atoms with Crippen LogP contribution in [-0.4, -0.2) is 38.6 Å². The maximum absolute atomic E-state index is 11.6. The lowest BCUT2D eigenvalue weighted by Crippen LogP contribution is -2.23. The molecular formula is C8H11N3O3S. The highest BCUT2D eigenvalue weighted by atomic mass is 32.2. The maximum atomic E-state index is 11.6. The molecule has 1 atom stereocenters. The Kier molecular flexibility index (Phi) is 3.75. The molecule has 0 saturated carbocycles. The first-order chi connectivity index (χ1) is 7.02. The fourth-order valence-electron chi connectivity index (χ4n) is 0.983. The Morgan fingerprint density at radius 2 is 2.27 bits per heavy atom. The largest absolute Gasteiger partial charge is 0.345 e. The molecule has 1 amide bonds. The van der Waals surface area contributed by atoms with E-state index in [4.69, 9.17) is 4.55 Å². The zero-order valence-corrected chi connectivity index (χ0v) is 9.11. The molecule has 0 aliphatic rings. The molecule has 82 valence electrons. The number of amides is 1. The zero-order valence-electron chi connectivity index (χ0n) is 8.30. The van der Waals surface area contributed by atoms with Gasteiger partial charge in [-0.15, -0.1) is 0 Å². The molecular weight excluding hydrogens is 218 g/mol. The summed E-state index contributed by atoms with van der Waals surface area (Å²) in [6.45, 7) is 0. The van der Waals surface area contributed by atoms with Crippen LogP contribution in [0.3, 0.4) is 0 Å². The van der Waals surface area contributed by atoms with Crippen molar-refractivity contribution in [3.05, 3.63) is 23.9 Å². The van der Waals surface area contributed by atoms with Gasteiger partial charge in [-0.1, -0.05) is 0 Å². The van der Waals surface area contributed by atoms with Gasteiger partial charge in [-0.25, -0.2) is 9.19 Å². The lowest BCUT2D eigenvalue weighted by atomic mass is 10.2. The number of carbonyl (C=O) groups excluding carboxylic acids is 1. The molecule has 1 aromatic rings. The normalized spacial score (nSPS) is 11.9. The molecule has 1 rings (SSSR count). The first-order valence-corrected chi connectivity index (χ1v) is 5.17. The third-order valence-corrected chi connectivity index (χ3v) is 2.00. The van der Waals surface area contributed by atoms with Crippen LogP contribution in [0.15, 0.2) is 18.3 Å². The van der Waals surface area contributed by atoms with Gasteiger partial charge in [0.1, 0.15) is 0 Å². The number of carbonyl (C=O) groups is 1. The molecule has 0 aliphatic carbocycles. The van der Waals surface area contributed by atoms with Crippen LogP contribution in [0.25, 0.3) is 0 Å². The fourth-order valence-corrected chi connectivity index (χ4v) is 1.31. The lowest BCUT2D eigenvalue weighted by Gasteiger charge is -2.12. The summed E-state index contributed by atoms with van der Waals surface area (Å²) in [6.07, 6.45) is 1.43. The second kappa shape index (κ2) is 4.85. The van der Waals surface area contributed by atoms with Gasteiger partial charge in [0.2, 0.25) is 0 Å². The maximum Gasteiger partial charge on any atom is 0.260 e. The Morgan fingerprint density at radius 3 is 2.80 bits per heavy atom. The highest BCUT2D eigenvalue weighted by Crippen LogP contribution is 2.13. The average Bonchev–Trinajstić information content (AvgIpc) is 2.16. The average molecular weight is 229 g/mol. The molecule has 6 nitrogen and oxygen atoms in total. The third kappa shape index (κ3) is 3.00. The number of pyridine rings is 1. The van der Waals surface area contributed by atoms with E-state index in [1.54, 1.807) is 20.2 Å². The van der Waals surface area contributed by atoms with Crippen LogP contribution in [0.4, 0.5) is 5.82 Å². The highest BCUT2D eigenvalue weighted by Gasteiger charge is 2.14. The highest BCUT2D eigenvalue weighted by molar-refractivity contribution is 7.80. The Bertz CT molecular complexity index is 394. The molecule has 0 saturated heterocycles. The van der Waals surface area contributed by atoms with Gasteiger partial charge in [0.15, 0.2) is 5.82 Å². The smallest absolute Gasteiger partial charge is 0.260 e. The van der Waals surface area contributed by atoms with E-state index < -0.39 is 11.3 Å². The quantitative estimate of drug-likeness (QED) is 0.732. The SMILES string of the molecule is CN(C)C(=O)c1cccnc1NS(=O)O. The van der Waals surface area contributed by atoms with E-state index in [1.165, 1.54) is 17.2 Å². The number of hydrogen-bond acceptors (Lipinski definition) is 3. The Morgan fingerprint density at radius 1 is 1.60 bits per heavy atom.